The van der Waals surface area contributed by atoms with E-state index in [1.807, 2.05) is 36.1 Å². The summed E-state index contributed by atoms with van der Waals surface area (Å²) in [7, 11) is 3.20. The molecule has 0 saturated carbocycles. The Kier molecular flexibility index (Phi) is 9.00. The number of aliphatic carboxylic acids is 1. The van der Waals surface area contributed by atoms with Gasteiger partial charge in [-0.3, -0.25) is 14.5 Å². The van der Waals surface area contributed by atoms with Gasteiger partial charge < -0.3 is 45.0 Å². The SMILES string of the molecule is CON=C(C(=O)NC1C(=O)N2C(C(=O)O)=C(SCc3cc[n+](C)cc3)SCC12)c1csc(N)n1.[I-]. The van der Waals surface area contributed by atoms with Crippen molar-refractivity contribution in [2.45, 2.75) is 17.8 Å². The molecule has 35 heavy (non-hydrogen) atoms. The second-order valence-electron chi connectivity index (χ2n) is 7.33. The van der Waals surface area contributed by atoms with Gasteiger partial charge >= 0.3 is 5.97 Å². The predicted molar refractivity (Wildman–Crippen MR) is 129 cm³/mol. The number of aryl methyl sites for hydroxylation is 1. The summed E-state index contributed by atoms with van der Waals surface area (Å²) in [6.07, 6.45) is 3.83. The smallest absolute Gasteiger partial charge is 0.354 e. The molecule has 4 heterocycles. The molecule has 4 rings (SSSR count). The van der Waals surface area contributed by atoms with Crippen LogP contribution < -0.4 is 39.6 Å². The first kappa shape index (κ1) is 27.2. The number of oxime groups is 1. The van der Waals surface area contributed by atoms with Gasteiger partial charge in [-0.2, -0.15) is 0 Å². The third kappa shape index (κ3) is 5.73. The Morgan fingerprint density at radius 2 is 2.14 bits per heavy atom. The molecular weight excluding hydrogens is 627 g/mol. The van der Waals surface area contributed by atoms with Gasteiger partial charge in [-0.25, -0.2) is 14.3 Å². The summed E-state index contributed by atoms with van der Waals surface area (Å²) in [5.41, 5.74) is 6.73. The fourth-order valence-corrected chi connectivity index (χ4v) is 6.52. The summed E-state index contributed by atoms with van der Waals surface area (Å²) < 4.78 is 2.48. The standard InChI is InChI=1S/C20H20N6O5S3.HI/c1-25-5-3-10(4-6-25)7-32-19-15(18(29)30)26-12(9-33-19)14(17(26)28)23-16(27)13(24-31-2)11-8-34-20(21)22-11;/h3-6,8,12,14H,7,9H2,1-2H3,(H3-,21,22,23,27,29,30);1H. The van der Waals surface area contributed by atoms with Crippen LogP contribution in [0.3, 0.4) is 0 Å². The number of carboxylic acid groups (broad SMARTS) is 1. The summed E-state index contributed by atoms with van der Waals surface area (Å²) in [5, 5.41) is 18.0. The Hall–Kier alpha value is -2.37. The Balaban J connectivity index is 0.00000342. The fourth-order valence-electron chi connectivity index (χ4n) is 3.46. The number of nitrogens with zero attached hydrogens (tertiary/aromatic N) is 4. The minimum absolute atomic E-state index is 0. The number of rotatable bonds is 8. The van der Waals surface area contributed by atoms with Gasteiger partial charge in [0.2, 0.25) is 0 Å². The quantitative estimate of drug-likeness (QED) is 0.0931. The maximum absolute atomic E-state index is 12.9. The highest BCUT2D eigenvalue weighted by molar-refractivity contribution is 8.22. The first-order valence-corrected chi connectivity index (χ1v) is 12.8. The van der Waals surface area contributed by atoms with E-state index in [9.17, 15) is 19.5 Å². The van der Waals surface area contributed by atoms with Crippen molar-refractivity contribution < 1.29 is 52.9 Å². The number of hydrogen-bond donors (Lipinski definition) is 3. The van der Waals surface area contributed by atoms with E-state index in [1.165, 1.54) is 35.5 Å². The van der Waals surface area contributed by atoms with Gasteiger partial charge in [-0.05, 0) is 5.56 Å². The molecule has 2 aromatic rings. The van der Waals surface area contributed by atoms with Crippen molar-refractivity contribution >= 4 is 63.5 Å². The number of amides is 2. The lowest BCUT2D eigenvalue weighted by Gasteiger charge is -2.49. The van der Waals surface area contributed by atoms with Crippen molar-refractivity contribution in [3.05, 3.63) is 51.1 Å². The Morgan fingerprint density at radius 1 is 1.43 bits per heavy atom. The van der Waals surface area contributed by atoms with Crippen LogP contribution in [0.25, 0.3) is 0 Å². The molecule has 2 aliphatic heterocycles. The maximum Gasteiger partial charge on any atom is 0.354 e. The van der Waals surface area contributed by atoms with Gasteiger partial charge in [0.15, 0.2) is 28.9 Å². The minimum atomic E-state index is -1.18. The molecule has 1 fully saturated rings. The van der Waals surface area contributed by atoms with E-state index in [4.69, 9.17) is 10.6 Å². The number of carbonyl (C=O) groups excluding carboxylic acids is 2. The van der Waals surface area contributed by atoms with Crippen LogP contribution in [0.4, 0.5) is 5.13 Å². The average Bonchev–Trinajstić information content (AvgIpc) is 3.25. The van der Waals surface area contributed by atoms with Crippen molar-refractivity contribution in [1.82, 2.24) is 15.2 Å². The van der Waals surface area contributed by atoms with Crippen LogP contribution in [0.2, 0.25) is 0 Å². The molecule has 186 valence electrons. The van der Waals surface area contributed by atoms with Crippen LogP contribution in [0.5, 0.6) is 0 Å². The first-order valence-electron chi connectivity index (χ1n) is 9.94. The van der Waals surface area contributed by atoms with Gasteiger partial charge in [0.25, 0.3) is 11.8 Å². The minimum Gasteiger partial charge on any atom is -1.00 e. The number of carboxylic acids is 1. The molecule has 0 aliphatic carbocycles. The molecule has 0 aromatic carbocycles. The second kappa shape index (κ2) is 11.6. The Labute approximate surface area is 230 Å². The molecule has 11 nitrogen and oxygen atoms in total. The fraction of sp³-hybridized carbons (Fsp3) is 0.300. The molecule has 0 spiro atoms. The molecular formula is C20H21IN6O5S3. The number of nitrogen functional groups attached to an aromatic ring is 1. The normalized spacial score (nSPS) is 19.4. The highest BCUT2D eigenvalue weighted by Crippen LogP contribution is 2.44. The molecule has 2 amide bonds. The highest BCUT2D eigenvalue weighted by atomic mass is 127. The lowest BCUT2D eigenvalue weighted by Crippen LogP contribution is -3.00. The number of β-lactam (4-membered cyclic amide) rings is 1. The number of hydrogen-bond acceptors (Lipinski definition) is 10. The second-order valence-corrected chi connectivity index (χ2v) is 10.5. The molecule has 4 N–H and O–H groups in total. The number of aromatic nitrogens is 2. The topological polar surface area (TPSA) is 151 Å². The number of anilines is 1. The molecule has 0 bridgehead atoms. The largest absolute Gasteiger partial charge is 1.00 e. The highest BCUT2D eigenvalue weighted by Gasteiger charge is 2.54. The molecule has 1 saturated heterocycles. The van der Waals surface area contributed by atoms with Crippen LogP contribution in [0.1, 0.15) is 11.3 Å². The van der Waals surface area contributed by atoms with Crippen molar-refractivity contribution in [1.29, 1.82) is 0 Å². The van der Waals surface area contributed by atoms with Gasteiger partial charge in [0.1, 0.15) is 25.9 Å². The molecule has 15 heteroatoms. The van der Waals surface area contributed by atoms with E-state index in [0.29, 0.717) is 15.7 Å². The van der Waals surface area contributed by atoms with Crippen LogP contribution >= 0.6 is 34.9 Å². The zero-order valence-electron chi connectivity index (χ0n) is 18.5. The third-order valence-electron chi connectivity index (χ3n) is 5.11. The van der Waals surface area contributed by atoms with Gasteiger partial charge in [-0.15, -0.1) is 34.9 Å². The van der Waals surface area contributed by atoms with E-state index in [2.05, 4.69) is 15.5 Å². The van der Waals surface area contributed by atoms with Crippen molar-refractivity contribution in [2.75, 3.05) is 18.6 Å². The monoisotopic (exact) mass is 648 g/mol. The summed E-state index contributed by atoms with van der Waals surface area (Å²) >= 11 is 3.88. The Bertz CT molecular complexity index is 1200. The Morgan fingerprint density at radius 3 is 2.74 bits per heavy atom. The number of thiazole rings is 1. The summed E-state index contributed by atoms with van der Waals surface area (Å²) in [5.74, 6) is -1.32. The number of fused-ring (bicyclic) bond motifs is 1. The van der Waals surface area contributed by atoms with E-state index < -0.39 is 29.9 Å². The summed E-state index contributed by atoms with van der Waals surface area (Å²) in [4.78, 5) is 47.8. The average molecular weight is 649 g/mol. The zero-order valence-corrected chi connectivity index (χ0v) is 23.1. The molecule has 2 unspecified atom stereocenters. The maximum atomic E-state index is 12.9. The van der Waals surface area contributed by atoms with Crippen LogP contribution in [0.15, 0.2) is 45.0 Å². The summed E-state index contributed by atoms with van der Waals surface area (Å²) in [6, 6.07) is 2.55. The van der Waals surface area contributed by atoms with E-state index in [0.717, 1.165) is 16.9 Å². The van der Waals surface area contributed by atoms with Crippen LogP contribution in [0, 0.1) is 0 Å². The number of thioether (sulfide) groups is 2. The third-order valence-corrected chi connectivity index (χ3v) is 8.39. The summed E-state index contributed by atoms with van der Waals surface area (Å²) in [6.45, 7) is 0. The lowest BCUT2D eigenvalue weighted by atomic mass is 9.95. The zero-order chi connectivity index (χ0) is 24.4. The van der Waals surface area contributed by atoms with Crippen LogP contribution in [-0.2, 0) is 32.0 Å². The van der Waals surface area contributed by atoms with Crippen molar-refractivity contribution in [3.8, 4) is 0 Å². The lowest BCUT2D eigenvalue weighted by molar-refractivity contribution is -0.671. The number of nitrogens with one attached hydrogen (secondary N) is 1. The molecule has 0 radical (unpaired) electrons. The number of nitrogens with two attached hydrogens (primary N) is 1. The van der Waals surface area contributed by atoms with Gasteiger partial charge in [0, 0.05) is 29.0 Å². The van der Waals surface area contributed by atoms with E-state index in [-0.39, 0.29) is 46.2 Å². The molecule has 2 aromatic heterocycles. The molecule has 2 aliphatic rings. The van der Waals surface area contributed by atoms with Crippen LogP contribution in [-0.4, -0.2) is 63.4 Å². The van der Waals surface area contributed by atoms with Gasteiger partial charge in [-0.1, -0.05) is 5.16 Å². The first-order chi connectivity index (χ1) is 16.3. The number of carbonyl (C=O) groups is 3. The van der Waals surface area contributed by atoms with E-state index >= 15 is 0 Å². The number of pyridine rings is 1. The number of halogens is 1. The predicted octanol–water partition coefficient (Wildman–Crippen LogP) is -2.47. The van der Waals surface area contributed by atoms with Crippen molar-refractivity contribution in [3.63, 3.8) is 0 Å². The molecule has 2 atom stereocenters. The van der Waals surface area contributed by atoms with Crippen molar-refractivity contribution in [2.24, 2.45) is 12.2 Å². The van der Waals surface area contributed by atoms with E-state index in [1.54, 1.807) is 5.38 Å². The van der Waals surface area contributed by atoms with Gasteiger partial charge in [0.05, 0.1) is 10.3 Å².